The van der Waals surface area contributed by atoms with E-state index < -0.39 is 23.6 Å². The van der Waals surface area contributed by atoms with Crippen molar-refractivity contribution in [2.75, 3.05) is 6.54 Å². The number of thioether (sulfide) groups is 1. The highest BCUT2D eigenvalue weighted by molar-refractivity contribution is 8.12. The molecule has 3 heterocycles. The molecule has 2 unspecified atom stereocenters. The van der Waals surface area contributed by atoms with Gasteiger partial charge in [0.2, 0.25) is 11.8 Å². The minimum atomic E-state index is -0.802. The summed E-state index contributed by atoms with van der Waals surface area (Å²) in [6, 6.07) is 14.2. The number of hydrogen-bond donors (Lipinski definition) is 2. The van der Waals surface area contributed by atoms with Crippen LogP contribution in [0.25, 0.3) is 0 Å². The number of benzene rings is 2. The molecule has 0 saturated carbocycles. The van der Waals surface area contributed by atoms with Crippen LogP contribution in [0.3, 0.4) is 0 Å². The number of likely N-dealkylation sites (tertiary alicyclic amines) is 1. The van der Waals surface area contributed by atoms with Crippen molar-refractivity contribution >= 4 is 35.0 Å². The Morgan fingerprint density at radius 1 is 1.15 bits per heavy atom. The molecule has 1 fully saturated rings. The van der Waals surface area contributed by atoms with Gasteiger partial charge in [-0.25, -0.2) is 0 Å². The number of β-amino-alcohol motifs (C(OH)–C–C–N with tert-alkyl or cyclic N) is 1. The number of hydrogen-bond acceptors (Lipinski definition) is 6. The summed E-state index contributed by atoms with van der Waals surface area (Å²) >= 11 is 1.71. The molecule has 3 aliphatic heterocycles. The number of fused-ring (bicyclic) bond motifs is 1. The molecule has 5 atom stereocenters. The van der Waals surface area contributed by atoms with E-state index >= 15 is 0 Å². The van der Waals surface area contributed by atoms with Gasteiger partial charge in [-0.15, -0.1) is 11.8 Å². The smallest absolute Gasteiger partial charge is 0.255 e. The molecule has 9 heteroatoms. The van der Waals surface area contributed by atoms with Crippen LogP contribution in [0.15, 0.2) is 53.5 Å². The van der Waals surface area contributed by atoms with Crippen molar-refractivity contribution in [3.05, 3.63) is 70.8 Å². The lowest BCUT2D eigenvalue weighted by atomic mass is 9.84. The van der Waals surface area contributed by atoms with Gasteiger partial charge in [0.1, 0.15) is 12.1 Å². The van der Waals surface area contributed by atoms with Crippen LogP contribution in [-0.2, 0) is 22.7 Å². The molecule has 3 amide bonds. The summed E-state index contributed by atoms with van der Waals surface area (Å²) in [5.74, 6) is -0.795. The Balaban J connectivity index is 1.28. The maximum Gasteiger partial charge on any atom is 0.255 e. The fourth-order valence-corrected chi connectivity index (χ4v) is 6.80. The Morgan fingerprint density at radius 3 is 2.51 bits per heavy atom. The molecule has 0 aromatic heterocycles. The highest BCUT2D eigenvalue weighted by atomic mass is 32.2. The zero-order chi connectivity index (χ0) is 27.9. The summed E-state index contributed by atoms with van der Waals surface area (Å²) in [6.07, 6.45) is -0.637. The molecule has 8 nitrogen and oxygen atoms in total. The molecule has 3 aliphatic rings. The normalized spacial score (nSPS) is 25.2. The van der Waals surface area contributed by atoms with Gasteiger partial charge in [0.25, 0.3) is 5.91 Å². The minimum absolute atomic E-state index is 0.0620. The van der Waals surface area contributed by atoms with Crippen molar-refractivity contribution in [2.24, 2.45) is 10.4 Å². The number of nitrogens with one attached hydrogen (secondary N) is 1. The first-order valence-corrected chi connectivity index (χ1v) is 14.4. The van der Waals surface area contributed by atoms with Crippen molar-refractivity contribution in [1.29, 1.82) is 0 Å². The number of nitrogens with zero attached hydrogens (tertiary/aromatic N) is 3. The molecule has 2 N–H and O–H groups in total. The van der Waals surface area contributed by atoms with Gasteiger partial charge in [-0.1, -0.05) is 63.2 Å². The average Bonchev–Trinajstić information content (AvgIpc) is 3.59. The molecule has 0 bridgehead atoms. The van der Waals surface area contributed by atoms with Gasteiger partial charge in [-0.2, -0.15) is 0 Å². The molecular formula is C30H36N4O4S. The third-order valence-corrected chi connectivity index (χ3v) is 9.00. The molecule has 2 aromatic carbocycles. The Labute approximate surface area is 233 Å². The van der Waals surface area contributed by atoms with E-state index in [1.165, 1.54) is 10.5 Å². The van der Waals surface area contributed by atoms with Crippen LogP contribution >= 0.6 is 11.8 Å². The standard InChI is InChI=1S/C30H36N4O4S/c1-18-25(39-17-32-18)20-11-9-19(10-12-20)14-31-27(36)24-13-22(35)16-33(24)29(38)26(30(2,3)4)34-15-21-7-5-6-8-23(21)28(34)37/h5-12,17-18,22,24-26,35H,13-16H2,1-4H3,(H,31,36)/t18?,22-,24+,25?,26-/m1/s1. The molecule has 0 radical (unpaired) electrons. The van der Waals surface area contributed by atoms with Crippen LogP contribution in [-0.4, -0.2) is 68.9 Å². The zero-order valence-corrected chi connectivity index (χ0v) is 23.6. The second-order valence-corrected chi connectivity index (χ2v) is 12.8. The number of carbonyl (C=O) groups is 3. The Hall–Kier alpha value is -3.17. The second-order valence-electron chi connectivity index (χ2n) is 11.8. The number of aliphatic hydroxyl groups is 1. The molecule has 39 heavy (non-hydrogen) atoms. The predicted molar refractivity (Wildman–Crippen MR) is 152 cm³/mol. The number of rotatable bonds is 6. The van der Waals surface area contributed by atoms with Gasteiger partial charge in [0, 0.05) is 31.6 Å². The summed E-state index contributed by atoms with van der Waals surface area (Å²) in [6.45, 7) is 8.60. The van der Waals surface area contributed by atoms with Crippen molar-refractivity contribution in [2.45, 2.75) is 76.7 Å². The Bertz CT molecular complexity index is 1290. The van der Waals surface area contributed by atoms with Gasteiger partial charge >= 0.3 is 0 Å². The Morgan fingerprint density at radius 2 is 1.87 bits per heavy atom. The summed E-state index contributed by atoms with van der Waals surface area (Å²) in [5, 5.41) is 13.8. The highest BCUT2D eigenvalue weighted by Gasteiger charge is 2.48. The predicted octanol–water partition coefficient (Wildman–Crippen LogP) is 3.54. The molecule has 0 spiro atoms. The van der Waals surface area contributed by atoms with E-state index in [-0.39, 0.29) is 36.7 Å². The fourth-order valence-electron chi connectivity index (χ4n) is 5.80. The molecular weight excluding hydrogens is 512 g/mol. The summed E-state index contributed by atoms with van der Waals surface area (Å²) in [5.41, 5.74) is 4.96. The van der Waals surface area contributed by atoms with Gasteiger partial charge in [0.15, 0.2) is 0 Å². The number of aliphatic imine (C=N–C) groups is 1. The summed E-state index contributed by atoms with van der Waals surface area (Å²) < 4.78 is 0. The van der Waals surface area contributed by atoms with E-state index in [9.17, 15) is 19.5 Å². The van der Waals surface area contributed by atoms with Crippen LogP contribution in [0, 0.1) is 5.41 Å². The molecule has 1 saturated heterocycles. The van der Waals surface area contributed by atoms with Crippen LogP contribution in [0.1, 0.15) is 66.4 Å². The van der Waals surface area contributed by atoms with Crippen molar-refractivity contribution < 1.29 is 19.5 Å². The molecule has 0 aliphatic carbocycles. The third kappa shape index (κ3) is 5.47. The van der Waals surface area contributed by atoms with Gasteiger partial charge in [0.05, 0.1) is 22.9 Å². The Kier molecular flexibility index (Phi) is 7.57. The average molecular weight is 549 g/mol. The van der Waals surface area contributed by atoms with Crippen LogP contribution in [0.2, 0.25) is 0 Å². The number of carbonyl (C=O) groups excluding carboxylic acids is 3. The first kappa shape index (κ1) is 27.4. The van der Waals surface area contributed by atoms with Crippen molar-refractivity contribution in [1.82, 2.24) is 15.1 Å². The maximum absolute atomic E-state index is 14.0. The topological polar surface area (TPSA) is 102 Å². The van der Waals surface area contributed by atoms with Crippen LogP contribution in [0.4, 0.5) is 0 Å². The summed E-state index contributed by atoms with van der Waals surface area (Å²) in [4.78, 5) is 48.1. The molecule has 5 rings (SSSR count). The maximum atomic E-state index is 14.0. The first-order chi connectivity index (χ1) is 18.5. The number of aliphatic hydroxyl groups excluding tert-OH is 1. The zero-order valence-electron chi connectivity index (χ0n) is 22.8. The first-order valence-electron chi connectivity index (χ1n) is 13.5. The second kappa shape index (κ2) is 10.8. The quantitative estimate of drug-likeness (QED) is 0.575. The SMILES string of the molecule is CC1N=CSC1c1ccc(CNC(=O)[C@@H]2C[C@@H](O)CN2C(=O)[C@@H](N2Cc3ccccc3C2=O)C(C)(C)C)cc1. The lowest BCUT2D eigenvalue weighted by Crippen LogP contribution is -2.57. The molecule has 206 valence electrons. The minimum Gasteiger partial charge on any atom is -0.391 e. The summed E-state index contributed by atoms with van der Waals surface area (Å²) in [7, 11) is 0. The van der Waals surface area contributed by atoms with E-state index in [0.29, 0.717) is 23.9 Å². The van der Waals surface area contributed by atoms with Gasteiger partial charge in [-0.3, -0.25) is 19.4 Å². The fraction of sp³-hybridized carbons (Fsp3) is 0.467. The number of amides is 3. The largest absolute Gasteiger partial charge is 0.391 e. The van der Waals surface area contributed by atoms with Gasteiger partial charge < -0.3 is 20.2 Å². The van der Waals surface area contributed by atoms with Gasteiger partial charge in [-0.05, 0) is 35.1 Å². The van der Waals surface area contributed by atoms with Crippen LogP contribution in [0.5, 0.6) is 0 Å². The van der Waals surface area contributed by atoms with Crippen molar-refractivity contribution in [3.63, 3.8) is 0 Å². The monoisotopic (exact) mass is 548 g/mol. The van der Waals surface area contributed by atoms with E-state index in [0.717, 1.165) is 11.1 Å². The van der Waals surface area contributed by atoms with E-state index in [1.807, 2.05) is 56.6 Å². The lowest BCUT2D eigenvalue weighted by Gasteiger charge is -2.40. The van der Waals surface area contributed by atoms with E-state index in [2.05, 4.69) is 29.4 Å². The van der Waals surface area contributed by atoms with E-state index in [4.69, 9.17) is 0 Å². The van der Waals surface area contributed by atoms with Crippen LogP contribution < -0.4 is 5.32 Å². The molecule has 2 aromatic rings. The third-order valence-electron chi connectivity index (χ3n) is 7.80. The van der Waals surface area contributed by atoms with E-state index in [1.54, 1.807) is 22.7 Å². The lowest BCUT2D eigenvalue weighted by molar-refractivity contribution is -0.145. The highest BCUT2D eigenvalue weighted by Crippen LogP contribution is 2.37. The van der Waals surface area contributed by atoms with Crippen molar-refractivity contribution in [3.8, 4) is 0 Å².